The van der Waals surface area contributed by atoms with Gasteiger partial charge in [-0.05, 0) is 17.1 Å². The van der Waals surface area contributed by atoms with Gasteiger partial charge in [-0.25, -0.2) is 10.3 Å². The molecule has 0 radical (unpaired) electrons. The third kappa shape index (κ3) is 2.14. The zero-order chi connectivity index (χ0) is 11.4. The smallest absolute Gasteiger partial charge is 0.334 e. The molecule has 0 aliphatic carbocycles. The number of pyridine rings is 1. The second-order valence-electron chi connectivity index (χ2n) is 3.02. The molecule has 0 spiro atoms. The number of anilines is 1. The number of aromatic nitrogens is 1. The highest BCUT2D eigenvalue weighted by atomic mass is 16.6. The number of rotatable bonds is 2. The highest BCUT2D eigenvalue weighted by Crippen LogP contribution is 2.12. The molecule has 1 N–H and O–H groups in total. The van der Waals surface area contributed by atoms with Crippen LogP contribution in [0.15, 0.2) is 41.5 Å². The molecule has 1 aliphatic rings. The molecule has 7 nitrogen and oxygen atoms in total. The lowest BCUT2D eigenvalue weighted by molar-refractivity contribution is -0.431. The summed E-state index contributed by atoms with van der Waals surface area (Å²) in [4.78, 5) is 19.6. The van der Waals surface area contributed by atoms with E-state index in [9.17, 15) is 10.1 Å². The minimum absolute atomic E-state index is 0.0886. The molecule has 0 saturated heterocycles. The SMILES string of the molecule is O=[N+]([O-])C1=CN(c2ccncc2)C=NCN1. The van der Waals surface area contributed by atoms with E-state index in [-0.39, 0.29) is 12.5 Å². The largest absolute Gasteiger partial charge is 0.358 e. The van der Waals surface area contributed by atoms with Gasteiger partial charge in [-0.1, -0.05) is 0 Å². The van der Waals surface area contributed by atoms with Gasteiger partial charge < -0.3 is 10.1 Å². The van der Waals surface area contributed by atoms with Crippen LogP contribution in [-0.2, 0) is 0 Å². The van der Waals surface area contributed by atoms with Crippen LogP contribution in [0.2, 0.25) is 0 Å². The summed E-state index contributed by atoms with van der Waals surface area (Å²) in [5.41, 5.74) is 0.766. The van der Waals surface area contributed by atoms with Gasteiger partial charge >= 0.3 is 5.82 Å². The number of nitrogens with zero attached hydrogens (tertiary/aromatic N) is 4. The Balaban J connectivity index is 2.32. The molecule has 0 fully saturated rings. The fourth-order valence-electron chi connectivity index (χ4n) is 1.24. The Morgan fingerprint density at radius 2 is 2.19 bits per heavy atom. The predicted molar refractivity (Wildman–Crippen MR) is 58.3 cm³/mol. The molecule has 82 valence electrons. The van der Waals surface area contributed by atoms with Crippen molar-refractivity contribution in [3.8, 4) is 0 Å². The standard InChI is InChI=1S/C9H9N5O2/c15-14(16)9-5-13(7-11-6-12-9)8-1-3-10-4-2-8/h1-5,7,12H,6H2. The van der Waals surface area contributed by atoms with E-state index in [1.165, 1.54) is 12.5 Å². The maximum atomic E-state index is 10.7. The molecular weight excluding hydrogens is 210 g/mol. The zero-order valence-electron chi connectivity index (χ0n) is 8.28. The molecule has 0 saturated carbocycles. The topological polar surface area (TPSA) is 83.7 Å². The first-order valence-corrected chi connectivity index (χ1v) is 4.56. The second-order valence-corrected chi connectivity index (χ2v) is 3.02. The Labute approximate surface area is 91.3 Å². The van der Waals surface area contributed by atoms with Crippen LogP contribution in [0.1, 0.15) is 0 Å². The Morgan fingerprint density at radius 1 is 1.44 bits per heavy atom. The number of nitro groups is 1. The van der Waals surface area contributed by atoms with E-state index < -0.39 is 4.92 Å². The molecule has 16 heavy (non-hydrogen) atoms. The second kappa shape index (κ2) is 4.39. The number of hydrogen-bond donors (Lipinski definition) is 1. The summed E-state index contributed by atoms with van der Waals surface area (Å²) >= 11 is 0. The van der Waals surface area contributed by atoms with Crippen molar-refractivity contribution < 1.29 is 4.92 Å². The van der Waals surface area contributed by atoms with Gasteiger partial charge in [-0.15, -0.1) is 0 Å². The third-order valence-corrected chi connectivity index (χ3v) is 1.98. The van der Waals surface area contributed by atoms with Gasteiger partial charge in [0, 0.05) is 18.1 Å². The number of aliphatic imine (C=N–C) groups is 1. The first-order valence-electron chi connectivity index (χ1n) is 4.56. The van der Waals surface area contributed by atoms with Crippen molar-refractivity contribution in [2.45, 2.75) is 0 Å². The van der Waals surface area contributed by atoms with Gasteiger partial charge in [0.2, 0.25) is 0 Å². The van der Waals surface area contributed by atoms with Crippen LogP contribution < -0.4 is 10.2 Å². The third-order valence-electron chi connectivity index (χ3n) is 1.98. The van der Waals surface area contributed by atoms with Crippen molar-refractivity contribution in [2.75, 3.05) is 11.6 Å². The van der Waals surface area contributed by atoms with Gasteiger partial charge in [0.15, 0.2) is 6.67 Å². The summed E-state index contributed by atoms with van der Waals surface area (Å²) in [6.07, 6.45) is 6.13. The molecular formula is C9H9N5O2. The van der Waals surface area contributed by atoms with Crippen molar-refractivity contribution >= 4 is 12.0 Å². The lowest BCUT2D eigenvalue weighted by Gasteiger charge is -2.12. The summed E-state index contributed by atoms with van der Waals surface area (Å²) in [5, 5.41) is 13.3. The van der Waals surface area contributed by atoms with Crippen molar-refractivity contribution in [1.29, 1.82) is 0 Å². The van der Waals surface area contributed by atoms with Gasteiger partial charge in [0.25, 0.3) is 0 Å². The van der Waals surface area contributed by atoms with E-state index in [2.05, 4.69) is 15.3 Å². The molecule has 1 aromatic rings. The first kappa shape index (κ1) is 10.1. The van der Waals surface area contributed by atoms with Crippen molar-refractivity contribution in [2.24, 2.45) is 4.99 Å². The molecule has 0 unspecified atom stereocenters. The van der Waals surface area contributed by atoms with Crippen molar-refractivity contribution in [3.63, 3.8) is 0 Å². The van der Waals surface area contributed by atoms with Crippen LogP contribution in [0.3, 0.4) is 0 Å². The Bertz CT molecular complexity index is 442. The van der Waals surface area contributed by atoms with Gasteiger partial charge in [-0.3, -0.25) is 9.88 Å². The molecule has 2 heterocycles. The van der Waals surface area contributed by atoms with E-state index >= 15 is 0 Å². The highest BCUT2D eigenvalue weighted by Gasteiger charge is 2.13. The van der Waals surface area contributed by atoms with E-state index in [1.54, 1.807) is 29.4 Å². The summed E-state index contributed by atoms with van der Waals surface area (Å²) in [6, 6.07) is 3.48. The van der Waals surface area contributed by atoms with Crippen LogP contribution >= 0.6 is 0 Å². The van der Waals surface area contributed by atoms with E-state index in [0.29, 0.717) is 0 Å². The predicted octanol–water partition coefficient (Wildman–Crippen LogP) is 0.553. The molecule has 0 aromatic carbocycles. The molecule has 0 amide bonds. The van der Waals surface area contributed by atoms with Crippen LogP contribution in [0, 0.1) is 10.1 Å². The Hall–Kier alpha value is -2.44. The molecule has 7 heteroatoms. The average molecular weight is 219 g/mol. The van der Waals surface area contributed by atoms with Crippen LogP contribution in [0.4, 0.5) is 5.69 Å². The maximum Gasteiger partial charge on any atom is 0.334 e. The van der Waals surface area contributed by atoms with Crippen LogP contribution in [0.5, 0.6) is 0 Å². The lowest BCUT2D eigenvalue weighted by atomic mass is 10.4. The number of hydrogen-bond acceptors (Lipinski definition) is 6. The van der Waals surface area contributed by atoms with Crippen LogP contribution in [0.25, 0.3) is 0 Å². The molecule has 0 atom stereocenters. The molecule has 1 aliphatic heterocycles. The van der Waals surface area contributed by atoms with Gasteiger partial charge in [0.05, 0.1) is 6.34 Å². The van der Waals surface area contributed by atoms with Gasteiger partial charge in [0.1, 0.15) is 6.20 Å². The average Bonchev–Trinajstić information content (AvgIpc) is 2.56. The minimum atomic E-state index is -0.483. The van der Waals surface area contributed by atoms with E-state index in [1.807, 2.05) is 0 Å². The summed E-state index contributed by atoms with van der Waals surface area (Å²) in [5.74, 6) is -0.0886. The maximum absolute atomic E-state index is 10.7. The highest BCUT2D eigenvalue weighted by molar-refractivity contribution is 5.81. The van der Waals surface area contributed by atoms with E-state index in [0.717, 1.165) is 5.69 Å². The minimum Gasteiger partial charge on any atom is -0.358 e. The molecule has 0 bridgehead atoms. The molecule has 1 aromatic heterocycles. The monoisotopic (exact) mass is 219 g/mol. The quantitative estimate of drug-likeness (QED) is 0.580. The van der Waals surface area contributed by atoms with E-state index in [4.69, 9.17) is 0 Å². The van der Waals surface area contributed by atoms with Crippen molar-refractivity contribution in [1.82, 2.24) is 10.3 Å². The molecule has 2 rings (SSSR count). The Morgan fingerprint density at radius 3 is 2.88 bits per heavy atom. The summed E-state index contributed by atoms with van der Waals surface area (Å²) < 4.78 is 0. The van der Waals surface area contributed by atoms with Gasteiger partial charge in [-0.2, -0.15) is 0 Å². The zero-order valence-corrected chi connectivity index (χ0v) is 8.28. The normalized spacial score (nSPS) is 15.0. The van der Waals surface area contributed by atoms with Crippen molar-refractivity contribution in [3.05, 3.63) is 46.7 Å². The fraction of sp³-hybridized carbons (Fsp3) is 0.111. The summed E-state index contributed by atoms with van der Waals surface area (Å²) in [6.45, 7) is 0.189. The van der Waals surface area contributed by atoms with Crippen LogP contribution in [-0.4, -0.2) is 22.9 Å². The Kier molecular flexibility index (Phi) is 2.77. The first-order chi connectivity index (χ1) is 7.77. The lowest BCUT2D eigenvalue weighted by Crippen LogP contribution is -2.20. The summed E-state index contributed by atoms with van der Waals surface area (Å²) in [7, 11) is 0. The number of nitrogens with one attached hydrogen (secondary N) is 1. The fourth-order valence-corrected chi connectivity index (χ4v) is 1.24.